The van der Waals surface area contributed by atoms with Crippen molar-refractivity contribution < 1.29 is 14.3 Å². The number of hydrogen-bond acceptors (Lipinski definition) is 7. The second-order valence-corrected chi connectivity index (χ2v) is 9.97. The van der Waals surface area contributed by atoms with E-state index in [-0.39, 0.29) is 11.7 Å². The van der Waals surface area contributed by atoms with E-state index in [1.807, 2.05) is 60.9 Å². The van der Waals surface area contributed by atoms with Crippen LogP contribution in [-0.4, -0.2) is 30.0 Å². The van der Waals surface area contributed by atoms with Crippen LogP contribution in [0.5, 0.6) is 5.75 Å². The first-order valence-corrected chi connectivity index (χ1v) is 12.9. The van der Waals surface area contributed by atoms with Gasteiger partial charge < -0.3 is 9.47 Å². The van der Waals surface area contributed by atoms with Crippen LogP contribution in [-0.2, 0) is 9.53 Å². The summed E-state index contributed by atoms with van der Waals surface area (Å²) in [7, 11) is 1.61. The molecule has 3 aromatic rings. The van der Waals surface area contributed by atoms with Gasteiger partial charge in [-0.3, -0.25) is 9.36 Å². The number of rotatable bonds is 6. The van der Waals surface area contributed by atoms with Crippen LogP contribution < -0.4 is 19.6 Å². The molecule has 0 amide bonds. The highest BCUT2D eigenvalue weighted by molar-refractivity contribution is 7.98. The summed E-state index contributed by atoms with van der Waals surface area (Å²) in [4.78, 5) is 33.0. The Balaban J connectivity index is 1.90. The first kappa shape index (κ1) is 24.0. The van der Waals surface area contributed by atoms with Gasteiger partial charge in [0.15, 0.2) is 4.80 Å². The number of nitrogens with zero attached hydrogens (tertiary/aromatic N) is 2. The molecule has 0 spiro atoms. The van der Waals surface area contributed by atoms with Crippen LogP contribution in [0.15, 0.2) is 74.5 Å². The highest BCUT2D eigenvalue weighted by atomic mass is 32.2. The summed E-state index contributed by atoms with van der Waals surface area (Å²) in [6.45, 7) is 5.40. The van der Waals surface area contributed by atoms with Crippen molar-refractivity contribution in [3.05, 3.63) is 90.6 Å². The summed E-state index contributed by atoms with van der Waals surface area (Å²) >= 11 is 2.95. The third kappa shape index (κ3) is 4.74. The molecule has 6 nitrogen and oxygen atoms in total. The molecule has 0 bridgehead atoms. The van der Waals surface area contributed by atoms with Crippen LogP contribution in [0.2, 0.25) is 0 Å². The van der Waals surface area contributed by atoms with Crippen LogP contribution in [0.4, 0.5) is 0 Å². The maximum Gasteiger partial charge on any atom is 0.338 e. The van der Waals surface area contributed by atoms with Gasteiger partial charge in [-0.1, -0.05) is 35.6 Å². The van der Waals surface area contributed by atoms with Crippen LogP contribution in [0.3, 0.4) is 0 Å². The predicted octanol–water partition coefficient (Wildman–Crippen LogP) is 3.92. The zero-order valence-electron chi connectivity index (χ0n) is 19.7. The Bertz CT molecular complexity index is 1420. The molecule has 1 aliphatic heterocycles. The van der Waals surface area contributed by atoms with Gasteiger partial charge in [0.1, 0.15) is 5.75 Å². The Morgan fingerprint density at radius 1 is 1.15 bits per heavy atom. The molecule has 8 heteroatoms. The van der Waals surface area contributed by atoms with Crippen molar-refractivity contribution in [2.75, 3.05) is 13.4 Å². The van der Waals surface area contributed by atoms with Crippen LogP contribution >= 0.6 is 23.1 Å². The number of thiazole rings is 1. The normalized spacial score (nSPS) is 15.8. The number of benzene rings is 2. The molecular formula is C26H26N2O4S2. The smallest absolute Gasteiger partial charge is 0.338 e. The van der Waals surface area contributed by atoms with Gasteiger partial charge in [0.2, 0.25) is 0 Å². The van der Waals surface area contributed by atoms with Crippen molar-refractivity contribution in [1.82, 2.24) is 4.57 Å². The van der Waals surface area contributed by atoms with E-state index in [0.29, 0.717) is 20.6 Å². The monoisotopic (exact) mass is 494 g/mol. The molecule has 176 valence electrons. The van der Waals surface area contributed by atoms with Gasteiger partial charge in [-0.05, 0) is 68.5 Å². The van der Waals surface area contributed by atoms with Gasteiger partial charge >= 0.3 is 5.97 Å². The van der Waals surface area contributed by atoms with E-state index < -0.39 is 12.0 Å². The molecule has 0 aliphatic carbocycles. The minimum atomic E-state index is -0.614. The van der Waals surface area contributed by atoms with Crippen molar-refractivity contribution in [3.8, 4) is 5.75 Å². The molecule has 1 aromatic heterocycles. The molecule has 0 unspecified atom stereocenters. The minimum absolute atomic E-state index is 0.194. The molecule has 2 heterocycles. The zero-order valence-corrected chi connectivity index (χ0v) is 21.3. The van der Waals surface area contributed by atoms with Crippen molar-refractivity contribution >= 4 is 35.1 Å². The van der Waals surface area contributed by atoms with Crippen molar-refractivity contribution in [2.45, 2.75) is 37.8 Å². The number of hydrogen-bond donors (Lipinski definition) is 0. The van der Waals surface area contributed by atoms with E-state index in [9.17, 15) is 9.59 Å². The lowest BCUT2D eigenvalue weighted by Crippen LogP contribution is -2.40. The molecular weight excluding hydrogens is 468 g/mol. The molecule has 0 saturated heterocycles. The number of allylic oxidation sites excluding steroid dienone is 1. The third-order valence-electron chi connectivity index (χ3n) is 5.43. The van der Waals surface area contributed by atoms with E-state index in [1.165, 1.54) is 11.3 Å². The van der Waals surface area contributed by atoms with Gasteiger partial charge in [-0.2, -0.15) is 0 Å². The van der Waals surface area contributed by atoms with Gasteiger partial charge in [-0.15, -0.1) is 11.8 Å². The van der Waals surface area contributed by atoms with E-state index in [2.05, 4.69) is 4.99 Å². The number of carbonyl (C=O) groups is 1. The maximum absolute atomic E-state index is 13.6. The molecule has 0 N–H and O–H groups in total. The molecule has 0 fully saturated rings. The topological polar surface area (TPSA) is 69.9 Å². The quantitative estimate of drug-likeness (QED) is 0.384. The first-order valence-electron chi connectivity index (χ1n) is 10.8. The van der Waals surface area contributed by atoms with Crippen molar-refractivity contribution in [1.29, 1.82) is 0 Å². The van der Waals surface area contributed by atoms with Crippen LogP contribution in [0, 0.1) is 0 Å². The largest absolute Gasteiger partial charge is 0.497 e. The lowest BCUT2D eigenvalue weighted by Gasteiger charge is -2.25. The average Bonchev–Trinajstić information content (AvgIpc) is 3.12. The molecule has 2 aromatic carbocycles. The van der Waals surface area contributed by atoms with Gasteiger partial charge in [0.05, 0.1) is 35.1 Å². The van der Waals surface area contributed by atoms with Crippen LogP contribution in [0.1, 0.15) is 37.9 Å². The zero-order chi connectivity index (χ0) is 24.4. The second-order valence-electron chi connectivity index (χ2n) is 8.08. The van der Waals surface area contributed by atoms with E-state index >= 15 is 0 Å². The SMILES string of the molecule is COc1ccc(/C=c2\sc3n(c2=O)[C@@H](c2ccc(SC)cc2)C(C(=O)OC(C)C)=C(C)N=3)cc1. The average molecular weight is 495 g/mol. The Kier molecular flexibility index (Phi) is 7.09. The Morgan fingerprint density at radius 3 is 2.41 bits per heavy atom. The third-order valence-corrected chi connectivity index (χ3v) is 7.16. The number of ether oxygens (including phenoxy) is 2. The van der Waals surface area contributed by atoms with E-state index in [4.69, 9.17) is 9.47 Å². The molecule has 34 heavy (non-hydrogen) atoms. The Hall–Kier alpha value is -3.10. The summed E-state index contributed by atoms with van der Waals surface area (Å²) in [5.74, 6) is 0.288. The number of aromatic nitrogens is 1. The van der Waals surface area contributed by atoms with E-state index in [0.717, 1.165) is 21.8 Å². The van der Waals surface area contributed by atoms with Crippen molar-refractivity contribution in [2.24, 2.45) is 4.99 Å². The number of thioether (sulfide) groups is 1. The van der Waals surface area contributed by atoms with Crippen LogP contribution in [0.25, 0.3) is 6.08 Å². The lowest BCUT2D eigenvalue weighted by atomic mass is 9.96. The number of esters is 1. The lowest BCUT2D eigenvalue weighted by molar-refractivity contribution is -0.143. The molecule has 4 rings (SSSR count). The summed E-state index contributed by atoms with van der Waals surface area (Å²) in [5.41, 5.74) is 2.46. The molecule has 0 saturated carbocycles. The van der Waals surface area contributed by atoms with Gasteiger partial charge in [0, 0.05) is 4.90 Å². The predicted molar refractivity (Wildman–Crippen MR) is 136 cm³/mol. The second kappa shape index (κ2) is 10.0. The highest BCUT2D eigenvalue weighted by Gasteiger charge is 2.33. The molecule has 1 aliphatic rings. The summed E-state index contributed by atoms with van der Waals surface area (Å²) < 4.78 is 12.9. The fourth-order valence-corrected chi connectivity index (χ4v) is 5.27. The molecule has 0 radical (unpaired) electrons. The Morgan fingerprint density at radius 2 is 1.82 bits per heavy atom. The number of methoxy groups -OCH3 is 1. The number of fused-ring (bicyclic) bond motifs is 1. The first-order chi connectivity index (χ1) is 16.3. The minimum Gasteiger partial charge on any atom is -0.497 e. The maximum atomic E-state index is 13.6. The van der Waals surface area contributed by atoms with Gasteiger partial charge in [-0.25, -0.2) is 9.79 Å². The highest BCUT2D eigenvalue weighted by Crippen LogP contribution is 2.32. The summed E-state index contributed by atoms with van der Waals surface area (Å²) in [6, 6.07) is 14.8. The summed E-state index contributed by atoms with van der Waals surface area (Å²) in [5, 5.41) is 0. The molecule has 1 atom stereocenters. The standard InChI is InChI=1S/C26H26N2O4S2/c1-15(2)32-25(30)22-16(3)27-26-28(23(22)18-8-12-20(33-5)13-9-18)24(29)21(34-26)14-17-6-10-19(31-4)11-7-17/h6-15,23H,1-5H3/b21-14-/t23-/m0/s1. The van der Waals surface area contributed by atoms with Gasteiger partial charge in [0.25, 0.3) is 5.56 Å². The number of carbonyl (C=O) groups excluding carboxylic acids is 1. The van der Waals surface area contributed by atoms with E-state index in [1.54, 1.807) is 44.2 Å². The van der Waals surface area contributed by atoms with Crippen molar-refractivity contribution in [3.63, 3.8) is 0 Å². The fourth-order valence-electron chi connectivity index (χ4n) is 3.81. The fraction of sp³-hybridized carbons (Fsp3) is 0.269. The Labute approximate surface area is 206 Å². The summed E-state index contributed by atoms with van der Waals surface area (Å²) in [6.07, 6.45) is 3.56.